The number of hydrogen-bond acceptors (Lipinski definition) is 6. The van der Waals surface area contributed by atoms with E-state index in [4.69, 9.17) is 4.74 Å². The highest BCUT2D eigenvalue weighted by atomic mass is 19.1. The van der Waals surface area contributed by atoms with Crippen LogP contribution in [0.25, 0.3) is 22.0 Å². The molecule has 3 aromatic heterocycles. The number of nitrogens with zero attached hydrogens (tertiary/aromatic N) is 3. The van der Waals surface area contributed by atoms with Gasteiger partial charge in [0.25, 0.3) is 0 Å². The van der Waals surface area contributed by atoms with Crippen LogP contribution in [0.2, 0.25) is 0 Å². The van der Waals surface area contributed by atoms with Crippen LogP contribution in [0, 0.1) is 17.6 Å². The van der Waals surface area contributed by atoms with Crippen molar-refractivity contribution < 1.29 is 18.3 Å². The maximum atomic E-state index is 15.1. The summed E-state index contributed by atoms with van der Waals surface area (Å²) in [6, 6.07) is 14.9. The molecule has 2 aromatic carbocycles. The zero-order valence-electron chi connectivity index (χ0n) is 22.0. The largest absolute Gasteiger partial charge is 0.454 e. The number of fused-ring (bicyclic) bond motifs is 1. The van der Waals surface area contributed by atoms with Crippen LogP contribution < -0.4 is 20.8 Å². The molecule has 0 bridgehead atoms. The minimum absolute atomic E-state index is 0.0226. The highest BCUT2D eigenvalue weighted by Gasteiger charge is 2.29. The van der Waals surface area contributed by atoms with E-state index in [-0.39, 0.29) is 28.8 Å². The van der Waals surface area contributed by atoms with Crippen molar-refractivity contribution in [1.29, 1.82) is 0 Å². The predicted octanol–water partition coefficient (Wildman–Crippen LogP) is 6.64. The Morgan fingerprint density at radius 1 is 1.02 bits per heavy atom. The van der Waals surface area contributed by atoms with Gasteiger partial charge in [-0.2, -0.15) is 0 Å². The minimum atomic E-state index is -0.645. The average Bonchev–Trinajstić information content (AvgIpc) is 3.82. The topological polar surface area (TPSA) is 98.1 Å². The monoisotopic (exact) mass is 553 g/mol. The summed E-state index contributed by atoms with van der Waals surface area (Å²) in [4.78, 5) is 34.2. The molecule has 1 amide bonds. The molecule has 0 unspecified atom stereocenters. The number of aryl methyl sites for hydroxylation is 1. The number of carbonyl (C=O) groups excluding carboxylic acids is 1. The van der Waals surface area contributed by atoms with E-state index in [2.05, 4.69) is 20.6 Å². The van der Waals surface area contributed by atoms with Gasteiger partial charge in [-0.15, -0.1) is 0 Å². The van der Waals surface area contributed by atoms with E-state index in [9.17, 15) is 14.0 Å². The number of anilines is 3. The van der Waals surface area contributed by atoms with Crippen LogP contribution in [-0.4, -0.2) is 20.4 Å². The molecule has 0 atom stereocenters. The van der Waals surface area contributed by atoms with Crippen LogP contribution >= 0.6 is 0 Å². The lowest BCUT2D eigenvalue weighted by Gasteiger charge is -2.15. The van der Waals surface area contributed by atoms with Gasteiger partial charge < -0.3 is 19.9 Å². The van der Waals surface area contributed by atoms with Crippen molar-refractivity contribution in [3.63, 3.8) is 0 Å². The van der Waals surface area contributed by atoms with Crippen molar-refractivity contribution in [2.75, 3.05) is 10.6 Å². The molecule has 0 radical (unpaired) electrons. The lowest BCUT2D eigenvalue weighted by molar-refractivity contribution is -0.117. The second-order valence-electron chi connectivity index (χ2n) is 9.73. The number of benzene rings is 2. The van der Waals surface area contributed by atoms with Gasteiger partial charge in [0.15, 0.2) is 11.6 Å². The Hall–Kier alpha value is -5.12. The van der Waals surface area contributed by atoms with Gasteiger partial charge in [-0.3, -0.25) is 9.59 Å². The predicted molar refractivity (Wildman–Crippen MR) is 152 cm³/mol. The van der Waals surface area contributed by atoms with Crippen molar-refractivity contribution in [3.05, 3.63) is 101 Å². The Labute approximate surface area is 233 Å². The molecule has 6 rings (SSSR count). The number of amides is 1. The molecule has 10 heteroatoms. The first-order valence-electron chi connectivity index (χ1n) is 13.2. The summed E-state index contributed by atoms with van der Waals surface area (Å²) in [7, 11) is 0. The molecule has 41 heavy (non-hydrogen) atoms. The first-order chi connectivity index (χ1) is 19.9. The molecular weight excluding hydrogens is 528 g/mol. The smallest absolute Gasteiger partial charge is 0.228 e. The fourth-order valence-corrected chi connectivity index (χ4v) is 4.57. The molecule has 0 saturated heterocycles. The Morgan fingerprint density at radius 2 is 1.80 bits per heavy atom. The van der Waals surface area contributed by atoms with Gasteiger partial charge in [0.2, 0.25) is 11.3 Å². The summed E-state index contributed by atoms with van der Waals surface area (Å²) in [5.74, 6) is -0.228. The fraction of sp³-hybridized carbons (Fsp3) is 0.161. The van der Waals surface area contributed by atoms with E-state index in [1.54, 1.807) is 42.7 Å². The van der Waals surface area contributed by atoms with Gasteiger partial charge in [0.05, 0.1) is 10.9 Å². The molecule has 2 N–H and O–H groups in total. The molecule has 5 aromatic rings. The molecule has 0 spiro atoms. The van der Waals surface area contributed by atoms with Crippen LogP contribution in [-0.2, 0) is 11.3 Å². The number of nitrogens with one attached hydrogen (secondary N) is 2. The second kappa shape index (κ2) is 10.8. The summed E-state index contributed by atoms with van der Waals surface area (Å²) < 4.78 is 36.3. The summed E-state index contributed by atoms with van der Waals surface area (Å²) >= 11 is 0. The third kappa shape index (κ3) is 5.49. The maximum Gasteiger partial charge on any atom is 0.228 e. The fourth-order valence-electron chi connectivity index (χ4n) is 4.57. The van der Waals surface area contributed by atoms with Crippen LogP contribution in [0.4, 0.5) is 26.1 Å². The average molecular weight is 554 g/mol. The molecule has 1 aliphatic rings. The SMILES string of the molecule is CCn1cc(-c2ccc(F)cc2)c(=O)c2c(Nc3ccc(Oc4ccnc(NC(=O)C5CC5)c4)c(F)c3)nccc21. The second-order valence-corrected chi connectivity index (χ2v) is 9.73. The van der Waals surface area contributed by atoms with Crippen LogP contribution in [0.5, 0.6) is 11.5 Å². The van der Waals surface area contributed by atoms with E-state index in [0.717, 1.165) is 12.8 Å². The van der Waals surface area contributed by atoms with Crippen molar-refractivity contribution in [1.82, 2.24) is 14.5 Å². The van der Waals surface area contributed by atoms with Gasteiger partial charge in [-0.05, 0) is 61.7 Å². The van der Waals surface area contributed by atoms with Crippen molar-refractivity contribution in [2.45, 2.75) is 26.3 Å². The lowest BCUT2D eigenvalue weighted by atomic mass is 10.0. The quantitative estimate of drug-likeness (QED) is 0.224. The minimum Gasteiger partial charge on any atom is -0.454 e. The highest BCUT2D eigenvalue weighted by molar-refractivity contribution is 5.94. The van der Waals surface area contributed by atoms with Crippen LogP contribution in [0.3, 0.4) is 0 Å². The van der Waals surface area contributed by atoms with E-state index in [1.165, 1.54) is 36.5 Å². The molecule has 1 aliphatic carbocycles. The summed E-state index contributed by atoms with van der Waals surface area (Å²) in [5.41, 5.74) is 1.71. The Balaban J connectivity index is 1.29. The number of aromatic nitrogens is 3. The number of ether oxygens (including phenoxy) is 1. The Kier molecular flexibility index (Phi) is 6.88. The molecular formula is C31H25F2N5O3. The van der Waals surface area contributed by atoms with Crippen molar-refractivity contribution >= 4 is 34.1 Å². The number of carbonyl (C=O) groups is 1. The van der Waals surface area contributed by atoms with Crippen LogP contribution in [0.15, 0.2) is 84.0 Å². The lowest BCUT2D eigenvalue weighted by Crippen LogP contribution is -2.14. The number of rotatable bonds is 8. The Bertz CT molecular complexity index is 1840. The van der Waals surface area contributed by atoms with E-state index in [1.807, 2.05) is 11.5 Å². The van der Waals surface area contributed by atoms with Crippen LogP contribution in [0.1, 0.15) is 19.8 Å². The van der Waals surface area contributed by atoms with Gasteiger partial charge in [-0.25, -0.2) is 18.7 Å². The molecule has 1 saturated carbocycles. The zero-order chi connectivity index (χ0) is 28.5. The molecule has 206 valence electrons. The van der Waals surface area contributed by atoms with Crippen molar-refractivity contribution in [2.24, 2.45) is 5.92 Å². The van der Waals surface area contributed by atoms with Crippen molar-refractivity contribution in [3.8, 4) is 22.6 Å². The normalized spacial score (nSPS) is 12.8. The molecule has 8 nitrogen and oxygen atoms in total. The maximum absolute atomic E-state index is 15.1. The standard InChI is InChI=1S/C31H25F2N5O3/c1-2-38-17-23(18-5-7-20(32)8-6-18)29(39)28-25(38)12-14-35-30(28)36-21-9-10-26(24(33)15-21)41-22-11-13-34-27(16-22)37-31(40)19-3-4-19/h5-17,19H,2-4H2,1H3,(H,35,36)(H,34,37,40). The highest BCUT2D eigenvalue weighted by Crippen LogP contribution is 2.32. The third-order valence-corrected chi connectivity index (χ3v) is 6.84. The first-order valence-corrected chi connectivity index (χ1v) is 13.2. The number of hydrogen-bond donors (Lipinski definition) is 2. The zero-order valence-corrected chi connectivity index (χ0v) is 22.0. The van der Waals surface area contributed by atoms with Gasteiger partial charge in [0, 0.05) is 54.4 Å². The van der Waals surface area contributed by atoms with E-state index >= 15 is 4.39 Å². The summed E-state index contributed by atoms with van der Waals surface area (Å²) in [5, 5.41) is 6.14. The molecule has 3 heterocycles. The van der Waals surface area contributed by atoms with Gasteiger partial charge in [-0.1, -0.05) is 12.1 Å². The number of halogens is 2. The molecule has 1 fully saturated rings. The third-order valence-electron chi connectivity index (χ3n) is 6.84. The first kappa shape index (κ1) is 26.1. The van der Waals surface area contributed by atoms with Gasteiger partial charge >= 0.3 is 0 Å². The Morgan fingerprint density at radius 3 is 2.54 bits per heavy atom. The van der Waals surface area contributed by atoms with E-state index in [0.29, 0.717) is 45.8 Å². The number of pyridine rings is 3. The summed E-state index contributed by atoms with van der Waals surface area (Å²) in [6.45, 7) is 2.53. The molecule has 0 aliphatic heterocycles. The van der Waals surface area contributed by atoms with E-state index < -0.39 is 11.6 Å². The van der Waals surface area contributed by atoms with Gasteiger partial charge in [0.1, 0.15) is 23.2 Å². The summed E-state index contributed by atoms with van der Waals surface area (Å²) in [6.07, 6.45) is 6.53.